The summed E-state index contributed by atoms with van der Waals surface area (Å²) in [6.07, 6.45) is 0. The summed E-state index contributed by atoms with van der Waals surface area (Å²) >= 11 is 9.13. The van der Waals surface area contributed by atoms with Crippen molar-refractivity contribution < 1.29 is 9.13 Å². The van der Waals surface area contributed by atoms with Gasteiger partial charge < -0.3 is 10.1 Å². The van der Waals surface area contributed by atoms with Gasteiger partial charge in [0, 0.05) is 16.6 Å². The minimum absolute atomic E-state index is 0.125. The third-order valence-electron chi connectivity index (χ3n) is 2.66. The molecule has 2 aromatic carbocycles. The second-order valence-electron chi connectivity index (χ2n) is 3.91. The zero-order valence-electron chi connectivity index (χ0n) is 10.2. The highest BCUT2D eigenvalue weighted by atomic mass is 79.9. The number of benzene rings is 2. The number of anilines is 1. The number of hydrogen-bond donors (Lipinski definition) is 1. The Bertz CT molecular complexity index is 592. The van der Waals surface area contributed by atoms with Gasteiger partial charge in [0.1, 0.15) is 11.6 Å². The fourth-order valence-electron chi connectivity index (χ4n) is 1.69. The molecular weight excluding hydrogens is 333 g/mol. The van der Waals surface area contributed by atoms with Crippen molar-refractivity contribution in [2.75, 3.05) is 12.4 Å². The van der Waals surface area contributed by atoms with Crippen molar-refractivity contribution in [3.05, 3.63) is 57.3 Å². The Morgan fingerprint density at radius 2 is 2.11 bits per heavy atom. The van der Waals surface area contributed by atoms with Crippen LogP contribution in [0.2, 0.25) is 5.02 Å². The molecule has 0 unspecified atom stereocenters. The number of ether oxygens (including phenoxy) is 1. The Kier molecular flexibility index (Phi) is 4.66. The average molecular weight is 345 g/mol. The molecule has 2 rings (SSSR count). The molecule has 0 radical (unpaired) electrons. The number of nitrogens with one attached hydrogen (secondary N) is 1. The molecule has 0 spiro atoms. The summed E-state index contributed by atoms with van der Waals surface area (Å²) < 4.78 is 19.9. The molecule has 0 atom stereocenters. The van der Waals surface area contributed by atoms with Gasteiger partial charge in [0.2, 0.25) is 0 Å². The molecule has 0 aliphatic carbocycles. The second kappa shape index (κ2) is 6.26. The minimum atomic E-state index is -0.398. The van der Waals surface area contributed by atoms with Crippen LogP contribution in [-0.4, -0.2) is 7.11 Å². The van der Waals surface area contributed by atoms with Crippen LogP contribution in [0.15, 0.2) is 40.9 Å². The van der Waals surface area contributed by atoms with E-state index in [0.29, 0.717) is 17.9 Å². The Hall–Kier alpha value is -1.26. The van der Waals surface area contributed by atoms with Gasteiger partial charge in [-0.25, -0.2) is 4.39 Å². The van der Waals surface area contributed by atoms with E-state index in [1.54, 1.807) is 19.2 Å². The van der Waals surface area contributed by atoms with Gasteiger partial charge in [0.05, 0.1) is 17.8 Å². The molecule has 0 saturated carbocycles. The smallest absolute Gasteiger partial charge is 0.146 e. The molecule has 0 amide bonds. The summed E-state index contributed by atoms with van der Waals surface area (Å²) in [5.41, 5.74) is 1.30. The van der Waals surface area contributed by atoms with Gasteiger partial charge >= 0.3 is 0 Å². The van der Waals surface area contributed by atoms with Crippen LogP contribution < -0.4 is 10.1 Å². The van der Waals surface area contributed by atoms with Crippen molar-refractivity contribution in [3.8, 4) is 5.75 Å². The molecule has 2 nitrogen and oxygen atoms in total. The summed E-state index contributed by atoms with van der Waals surface area (Å²) in [5.74, 6) is 0.302. The molecule has 0 heterocycles. The second-order valence-corrected chi connectivity index (χ2v) is 5.23. The third kappa shape index (κ3) is 3.39. The van der Waals surface area contributed by atoms with Crippen LogP contribution in [0, 0.1) is 5.82 Å². The van der Waals surface area contributed by atoms with Crippen LogP contribution in [0.5, 0.6) is 5.75 Å². The maximum atomic E-state index is 13.8. The minimum Gasteiger partial charge on any atom is -0.495 e. The van der Waals surface area contributed by atoms with E-state index in [4.69, 9.17) is 16.3 Å². The molecule has 19 heavy (non-hydrogen) atoms. The lowest BCUT2D eigenvalue weighted by Crippen LogP contribution is -2.03. The summed E-state index contributed by atoms with van der Waals surface area (Å²) in [5, 5.41) is 3.26. The van der Waals surface area contributed by atoms with E-state index < -0.39 is 5.82 Å². The van der Waals surface area contributed by atoms with Crippen molar-refractivity contribution in [2.45, 2.75) is 6.54 Å². The molecule has 0 aromatic heterocycles. The molecule has 0 aliphatic rings. The van der Waals surface area contributed by atoms with Crippen LogP contribution in [0.25, 0.3) is 0 Å². The van der Waals surface area contributed by atoms with Crippen molar-refractivity contribution in [1.29, 1.82) is 0 Å². The number of methoxy groups -OCH3 is 1. The Morgan fingerprint density at radius 3 is 2.84 bits per heavy atom. The van der Waals surface area contributed by atoms with E-state index in [-0.39, 0.29) is 5.02 Å². The number of halogens is 3. The highest BCUT2D eigenvalue weighted by Gasteiger charge is 2.08. The van der Waals surface area contributed by atoms with E-state index >= 15 is 0 Å². The first-order chi connectivity index (χ1) is 9.11. The van der Waals surface area contributed by atoms with Gasteiger partial charge in [-0.2, -0.15) is 0 Å². The fourth-order valence-corrected chi connectivity index (χ4v) is 2.25. The van der Waals surface area contributed by atoms with Gasteiger partial charge in [0.25, 0.3) is 0 Å². The Morgan fingerprint density at radius 1 is 1.32 bits per heavy atom. The lowest BCUT2D eigenvalue weighted by molar-refractivity contribution is 0.416. The van der Waals surface area contributed by atoms with Crippen LogP contribution in [0.1, 0.15) is 5.56 Å². The summed E-state index contributed by atoms with van der Waals surface area (Å²) in [6.45, 7) is 0.333. The average Bonchev–Trinajstić information content (AvgIpc) is 2.40. The summed E-state index contributed by atoms with van der Waals surface area (Å²) in [6, 6.07) is 10.5. The van der Waals surface area contributed by atoms with Crippen molar-refractivity contribution in [1.82, 2.24) is 0 Å². The molecule has 100 valence electrons. The molecule has 0 saturated heterocycles. The highest BCUT2D eigenvalue weighted by molar-refractivity contribution is 9.10. The first-order valence-corrected chi connectivity index (χ1v) is 6.79. The first-order valence-electron chi connectivity index (χ1n) is 5.62. The van der Waals surface area contributed by atoms with Crippen molar-refractivity contribution in [3.63, 3.8) is 0 Å². The van der Waals surface area contributed by atoms with Gasteiger partial charge in [-0.1, -0.05) is 39.7 Å². The van der Waals surface area contributed by atoms with E-state index in [1.807, 2.05) is 18.2 Å². The van der Waals surface area contributed by atoms with Gasteiger partial charge in [-0.05, 0) is 24.3 Å². The topological polar surface area (TPSA) is 21.3 Å². The molecule has 2 aromatic rings. The monoisotopic (exact) mass is 343 g/mol. The molecule has 1 N–H and O–H groups in total. The van der Waals surface area contributed by atoms with Crippen LogP contribution in [0.3, 0.4) is 0 Å². The van der Waals surface area contributed by atoms with Crippen molar-refractivity contribution >= 4 is 33.2 Å². The largest absolute Gasteiger partial charge is 0.495 e. The zero-order valence-corrected chi connectivity index (χ0v) is 12.6. The number of rotatable bonds is 4. The predicted molar refractivity (Wildman–Crippen MR) is 79.4 cm³/mol. The summed E-state index contributed by atoms with van der Waals surface area (Å²) in [7, 11) is 1.59. The van der Waals surface area contributed by atoms with E-state index in [1.165, 1.54) is 6.07 Å². The summed E-state index contributed by atoms with van der Waals surface area (Å²) in [4.78, 5) is 0. The maximum absolute atomic E-state index is 13.8. The lowest BCUT2D eigenvalue weighted by atomic mass is 10.2. The zero-order chi connectivity index (χ0) is 13.8. The Labute approximate surface area is 124 Å². The van der Waals surface area contributed by atoms with Crippen LogP contribution >= 0.6 is 27.5 Å². The van der Waals surface area contributed by atoms with E-state index in [0.717, 1.165) is 10.2 Å². The maximum Gasteiger partial charge on any atom is 0.146 e. The standard InChI is InChI=1S/C14H12BrClFNO/c1-19-13-6-5-10(15)7-12(13)18-8-9-3-2-4-11(16)14(9)17/h2-7,18H,8H2,1H3. The fraction of sp³-hybridized carbons (Fsp3) is 0.143. The third-order valence-corrected chi connectivity index (χ3v) is 3.45. The Balaban J connectivity index is 2.18. The molecular formula is C14H12BrClFNO. The molecule has 0 bridgehead atoms. The number of hydrogen-bond acceptors (Lipinski definition) is 2. The van der Waals surface area contributed by atoms with Crippen LogP contribution in [0.4, 0.5) is 10.1 Å². The SMILES string of the molecule is COc1ccc(Br)cc1NCc1cccc(Cl)c1F. The molecule has 0 aliphatic heterocycles. The molecule has 5 heteroatoms. The quantitative estimate of drug-likeness (QED) is 0.855. The van der Waals surface area contributed by atoms with E-state index in [2.05, 4.69) is 21.2 Å². The van der Waals surface area contributed by atoms with Gasteiger partial charge in [-0.3, -0.25) is 0 Å². The van der Waals surface area contributed by atoms with Gasteiger partial charge in [-0.15, -0.1) is 0 Å². The lowest BCUT2D eigenvalue weighted by Gasteiger charge is -2.12. The first kappa shape index (κ1) is 14.2. The van der Waals surface area contributed by atoms with E-state index in [9.17, 15) is 4.39 Å². The van der Waals surface area contributed by atoms with Crippen molar-refractivity contribution in [2.24, 2.45) is 0 Å². The normalized spacial score (nSPS) is 10.3. The molecule has 0 fully saturated rings. The van der Waals surface area contributed by atoms with Gasteiger partial charge in [0.15, 0.2) is 0 Å². The predicted octanol–water partition coefficient (Wildman–Crippen LogP) is 4.86. The highest BCUT2D eigenvalue weighted by Crippen LogP contribution is 2.28. The van der Waals surface area contributed by atoms with Crippen LogP contribution in [-0.2, 0) is 6.54 Å².